The highest BCUT2D eigenvalue weighted by Gasteiger charge is 2.10. The Bertz CT molecular complexity index is 285. The first kappa shape index (κ1) is 12.7. The fraction of sp³-hybridized carbons (Fsp3) is 0.455. The van der Waals surface area contributed by atoms with Gasteiger partial charge in [-0.25, -0.2) is 0 Å². The summed E-state index contributed by atoms with van der Waals surface area (Å²) in [5, 5.41) is 0. The van der Waals surface area contributed by atoms with E-state index in [0.29, 0.717) is 13.2 Å². The lowest BCUT2D eigenvalue weighted by Crippen LogP contribution is -2.24. The van der Waals surface area contributed by atoms with Crippen molar-refractivity contribution in [1.29, 1.82) is 0 Å². The van der Waals surface area contributed by atoms with E-state index in [-0.39, 0.29) is 0 Å². The molecule has 1 rings (SSSR count). The number of ether oxygens (including phenoxy) is 3. The monoisotopic (exact) mass is 322 g/mol. The van der Waals surface area contributed by atoms with Gasteiger partial charge in [-0.05, 0) is 48.6 Å². The van der Waals surface area contributed by atoms with Crippen LogP contribution >= 0.6 is 22.6 Å². The lowest BCUT2D eigenvalue weighted by molar-refractivity contribution is -0.242. The lowest BCUT2D eigenvalue weighted by atomic mass is 10.3. The summed E-state index contributed by atoms with van der Waals surface area (Å²) in [6.07, 6.45) is 0. The lowest BCUT2D eigenvalue weighted by Gasteiger charge is -2.18. The maximum absolute atomic E-state index is 5.57. The van der Waals surface area contributed by atoms with Gasteiger partial charge in [0.15, 0.2) is 0 Å². The van der Waals surface area contributed by atoms with Crippen LogP contribution in [-0.4, -0.2) is 19.7 Å². The first-order chi connectivity index (χ1) is 7.27. The van der Waals surface area contributed by atoms with Crippen LogP contribution in [-0.2, 0) is 9.47 Å². The van der Waals surface area contributed by atoms with Crippen LogP contribution < -0.4 is 4.74 Å². The van der Waals surface area contributed by atoms with E-state index in [2.05, 4.69) is 22.6 Å². The zero-order chi connectivity index (χ0) is 11.1. The molecule has 0 radical (unpaired) electrons. The number of rotatable bonds is 6. The Morgan fingerprint density at radius 3 is 2.27 bits per heavy atom. The average Bonchev–Trinajstić information content (AvgIpc) is 2.22. The Morgan fingerprint density at radius 1 is 1.13 bits per heavy atom. The molecule has 4 heteroatoms. The maximum Gasteiger partial charge on any atom is 0.315 e. The third-order valence-electron chi connectivity index (χ3n) is 1.67. The normalized spacial score (nSPS) is 10.7. The maximum atomic E-state index is 5.57. The van der Waals surface area contributed by atoms with E-state index >= 15 is 0 Å². The zero-order valence-corrected chi connectivity index (χ0v) is 11.1. The highest BCUT2D eigenvalue weighted by atomic mass is 127. The van der Waals surface area contributed by atoms with Crippen molar-refractivity contribution in [3.8, 4) is 5.75 Å². The molecule has 0 unspecified atom stereocenters. The van der Waals surface area contributed by atoms with E-state index in [1.54, 1.807) is 0 Å². The molecule has 0 spiro atoms. The number of para-hydroxylation sites is 1. The summed E-state index contributed by atoms with van der Waals surface area (Å²) in [7, 11) is 0. The second-order valence-corrected chi connectivity index (χ2v) is 3.91. The van der Waals surface area contributed by atoms with Crippen molar-refractivity contribution in [2.24, 2.45) is 0 Å². The molecule has 0 aliphatic rings. The van der Waals surface area contributed by atoms with Crippen LogP contribution in [0.1, 0.15) is 13.8 Å². The summed E-state index contributed by atoms with van der Waals surface area (Å²) in [5.41, 5.74) is 0. The quantitative estimate of drug-likeness (QED) is 0.595. The van der Waals surface area contributed by atoms with Crippen LogP contribution in [0.3, 0.4) is 0 Å². The number of hydrogen-bond donors (Lipinski definition) is 0. The van der Waals surface area contributed by atoms with Crippen molar-refractivity contribution in [3.63, 3.8) is 0 Å². The largest absolute Gasteiger partial charge is 0.440 e. The standard InChI is InChI=1S/C11H15IO3/c1-3-13-11(14-4-2)15-10-8-6-5-7-9(10)12/h5-8,11H,3-4H2,1-2H3. The SMILES string of the molecule is CCOC(OCC)Oc1ccccc1I. The Morgan fingerprint density at radius 2 is 1.73 bits per heavy atom. The van der Waals surface area contributed by atoms with Gasteiger partial charge in [-0.2, -0.15) is 0 Å². The molecule has 84 valence electrons. The summed E-state index contributed by atoms with van der Waals surface area (Å²) in [4.78, 5) is 0. The fourth-order valence-corrected chi connectivity index (χ4v) is 1.55. The number of halogens is 1. The molecule has 0 saturated heterocycles. The van der Waals surface area contributed by atoms with E-state index in [1.807, 2.05) is 38.1 Å². The zero-order valence-electron chi connectivity index (χ0n) is 8.90. The molecule has 3 nitrogen and oxygen atoms in total. The molecule has 15 heavy (non-hydrogen) atoms. The van der Waals surface area contributed by atoms with Crippen LogP contribution in [0.15, 0.2) is 24.3 Å². The summed E-state index contributed by atoms with van der Waals surface area (Å²) < 4.78 is 17.2. The molecular weight excluding hydrogens is 307 g/mol. The van der Waals surface area contributed by atoms with Gasteiger partial charge in [0, 0.05) is 0 Å². The molecule has 0 aliphatic heterocycles. The highest BCUT2D eigenvalue weighted by molar-refractivity contribution is 14.1. The van der Waals surface area contributed by atoms with E-state index < -0.39 is 6.48 Å². The van der Waals surface area contributed by atoms with Gasteiger partial charge in [0.2, 0.25) is 0 Å². The van der Waals surface area contributed by atoms with E-state index in [9.17, 15) is 0 Å². The number of hydrogen-bond acceptors (Lipinski definition) is 3. The number of benzene rings is 1. The van der Waals surface area contributed by atoms with Crippen LogP contribution in [0, 0.1) is 3.57 Å². The summed E-state index contributed by atoms with van der Waals surface area (Å²) in [6.45, 7) is 4.33. The van der Waals surface area contributed by atoms with Crippen molar-refractivity contribution < 1.29 is 14.2 Å². The van der Waals surface area contributed by atoms with Gasteiger partial charge >= 0.3 is 6.48 Å². The second-order valence-electron chi connectivity index (χ2n) is 2.75. The van der Waals surface area contributed by atoms with E-state index in [4.69, 9.17) is 14.2 Å². The molecule has 0 heterocycles. The minimum absolute atomic E-state index is 0.564. The molecule has 1 aromatic carbocycles. The summed E-state index contributed by atoms with van der Waals surface area (Å²) in [5.74, 6) is 0.782. The molecule has 1 aromatic rings. The Balaban J connectivity index is 2.60. The van der Waals surface area contributed by atoms with Gasteiger partial charge in [0.1, 0.15) is 5.75 Å². The van der Waals surface area contributed by atoms with Gasteiger partial charge in [-0.1, -0.05) is 12.1 Å². The van der Waals surface area contributed by atoms with Gasteiger partial charge in [-0.3, -0.25) is 0 Å². The molecule has 0 amide bonds. The van der Waals surface area contributed by atoms with Crippen LogP contribution in [0.5, 0.6) is 5.75 Å². The van der Waals surface area contributed by atoms with Gasteiger partial charge in [0.05, 0.1) is 16.8 Å². The van der Waals surface area contributed by atoms with Crippen molar-refractivity contribution in [2.75, 3.05) is 13.2 Å². The first-order valence-electron chi connectivity index (χ1n) is 4.92. The minimum Gasteiger partial charge on any atom is -0.440 e. The van der Waals surface area contributed by atoms with Gasteiger partial charge in [0.25, 0.3) is 0 Å². The molecule has 0 fully saturated rings. The third-order valence-corrected chi connectivity index (χ3v) is 2.56. The topological polar surface area (TPSA) is 27.7 Å². The second kappa shape index (κ2) is 7.03. The Kier molecular flexibility index (Phi) is 5.97. The van der Waals surface area contributed by atoms with E-state index in [1.165, 1.54) is 0 Å². The van der Waals surface area contributed by atoms with Crippen LogP contribution in [0.2, 0.25) is 0 Å². The van der Waals surface area contributed by atoms with Gasteiger partial charge < -0.3 is 14.2 Å². The van der Waals surface area contributed by atoms with Crippen LogP contribution in [0.25, 0.3) is 0 Å². The molecular formula is C11H15IO3. The molecule has 0 aromatic heterocycles. The van der Waals surface area contributed by atoms with Gasteiger partial charge in [-0.15, -0.1) is 0 Å². The average molecular weight is 322 g/mol. The predicted molar refractivity (Wildman–Crippen MR) is 66.8 cm³/mol. The molecule has 0 N–H and O–H groups in total. The molecule has 0 atom stereocenters. The molecule has 0 saturated carbocycles. The van der Waals surface area contributed by atoms with Crippen molar-refractivity contribution in [1.82, 2.24) is 0 Å². The highest BCUT2D eigenvalue weighted by Crippen LogP contribution is 2.21. The fourth-order valence-electron chi connectivity index (χ4n) is 1.03. The van der Waals surface area contributed by atoms with Crippen molar-refractivity contribution in [3.05, 3.63) is 27.8 Å². The first-order valence-corrected chi connectivity index (χ1v) is 6.00. The molecule has 0 bridgehead atoms. The third kappa shape index (κ3) is 4.36. The van der Waals surface area contributed by atoms with E-state index in [0.717, 1.165) is 9.32 Å². The predicted octanol–water partition coefficient (Wildman–Crippen LogP) is 3.03. The summed E-state index contributed by atoms with van der Waals surface area (Å²) in [6, 6.07) is 7.76. The summed E-state index contributed by atoms with van der Waals surface area (Å²) >= 11 is 2.21. The molecule has 0 aliphatic carbocycles. The minimum atomic E-state index is -0.615. The van der Waals surface area contributed by atoms with Crippen LogP contribution in [0.4, 0.5) is 0 Å². The van der Waals surface area contributed by atoms with Crippen molar-refractivity contribution in [2.45, 2.75) is 20.3 Å². The smallest absolute Gasteiger partial charge is 0.315 e. The Labute approximate surface area is 104 Å². The Hall–Kier alpha value is -0.330. The van der Waals surface area contributed by atoms with Crippen molar-refractivity contribution >= 4 is 22.6 Å².